The van der Waals surface area contributed by atoms with Crippen molar-refractivity contribution in [3.63, 3.8) is 0 Å². The summed E-state index contributed by atoms with van der Waals surface area (Å²) >= 11 is 0. The maximum Gasteiger partial charge on any atom is 0.290 e. The van der Waals surface area contributed by atoms with E-state index in [1.54, 1.807) is 0 Å². The van der Waals surface area contributed by atoms with Crippen molar-refractivity contribution in [3.8, 4) is 22.6 Å². The van der Waals surface area contributed by atoms with Gasteiger partial charge in [0.25, 0.3) is 5.82 Å². The summed E-state index contributed by atoms with van der Waals surface area (Å²) in [7, 11) is 0. The molecule has 0 aliphatic carbocycles. The van der Waals surface area contributed by atoms with Gasteiger partial charge < -0.3 is 0 Å². The predicted molar refractivity (Wildman–Crippen MR) is 140 cm³/mol. The Kier molecular flexibility index (Phi) is 7.16. The second-order valence-electron chi connectivity index (χ2n) is 7.93. The maximum atomic E-state index is 3.99. The minimum Gasteiger partial charge on any atom is -0.223 e. The molecular formula is C31H31N2+. The average Bonchev–Trinajstić information content (AvgIpc) is 3.19. The molecule has 4 rings (SSSR count). The predicted octanol–water partition coefficient (Wildman–Crippen LogP) is 7.32. The molecule has 3 aromatic carbocycles. The lowest BCUT2D eigenvalue weighted by atomic mass is 10.0. The molecule has 0 atom stereocenters. The average molecular weight is 432 g/mol. The van der Waals surface area contributed by atoms with Crippen LogP contribution in [0.3, 0.4) is 0 Å². The van der Waals surface area contributed by atoms with Crippen molar-refractivity contribution in [1.29, 1.82) is 0 Å². The van der Waals surface area contributed by atoms with Crippen LogP contribution in [0.4, 0.5) is 0 Å². The van der Waals surface area contributed by atoms with E-state index in [-0.39, 0.29) is 0 Å². The molecule has 0 bridgehead atoms. The Morgan fingerprint density at radius 3 is 1.97 bits per heavy atom. The highest BCUT2D eigenvalue weighted by molar-refractivity contribution is 5.83. The number of allylic oxidation sites excluding steroid dienone is 5. The third kappa shape index (κ3) is 4.65. The smallest absolute Gasteiger partial charge is 0.223 e. The van der Waals surface area contributed by atoms with Crippen molar-refractivity contribution in [2.75, 3.05) is 0 Å². The fourth-order valence-electron chi connectivity index (χ4n) is 4.44. The zero-order valence-electron chi connectivity index (χ0n) is 19.5. The minimum atomic E-state index is 0.784. The van der Waals surface area contributed by atoms with E-state index < -0.39 is 0 Å². The quantitative estimate of drug-likeness (QED) is 0.204. The van der Waals surface area contributed by atoms with Gasteiger partial charge in [-0.2, -0.15) is 0 Å². The van der Waals surface area contributed by atoms with Gasteiger partial charge in [-0.25, -0.2) is 9.13 Å². The van der Waals surface area contributed by atoms with E-state index in [1.165, 1.54) is 33.9 Å². The van der Waals surface area contributed by atoms with Gasteiger partial charge in [0.1, 0.15) is 6.54 Å². The first-order valence-electron chi connectivity index (χ1n) is 11.5. The molecule has 33 heavy (non-hydrogen) atoms. The van der Waals surface area contributed by atoms with E-state index in [0.717, 1.165) is 18.7 Å². The maximum absolute atomic E-state index is 3.99. The highest BCUT2D eigenvalue weighted by atomic mass is 15.2. The van der Waals surface area contributed by atoms with E-state index in [9.17, 15) is 0 Å². The highest BCUT2D eigenvalue weighted by Crippen LogP contribution is 2.33. The molecule has 1 aromatic heterocycles. The number of imidazole rings is 1. The summed E-state index contributed by atoms with van der Waals surface area (Å²) in [6.45, 7) is 9.92. The number of nitrogens with zero attached hydrogens (tertiary/aromatic N) is 2. The summed E-state index contributed by atoms with van der Waals surface area (Å²) in [5.41, 5.74) is 7.25. The lowest BCUT2D eigenvalue weighted by Gasteiger charge is -2.07. The Bertz CT molecular complexity index is 1260. The standard InChI is InChI=1S/C31H31N2/c1-4-16-26(17-5-2)29-30(27-20-12-8-13-21-27)33(24-25-18-10-7-11-19-25)31(32(29)6-3)28-22-14-9-15-23-28/h4-5,7-23H,1,6,24H2,2-3H3/q+1/b17-5-,26-16+. The van der Waals surface area contributed by atoms with Crippen LogP contribution in [0.15, 0.2) is 122 Å². The van der Waals surface area contributed by atoms with Crippen LogP contribution in [-0.4, -0.2) is 4.57 Å². The Labute approximate surface area is 197 Å². The molecule has 0 spiro atoms. The third-order valence-corrected chi connectivity index (χ3v) is 5.77. The van der Waals surface area contributed by atoms with E-state index >= 15 is 0 Å². The van der Waals surface area contributed by atoms with Gasteiger partial charge >= 0.3 is 0 Å². The van der Waals surface area contributed by atoms with E-state index in [1.807, 2.05) is 6.08 Å². The largest absolute Gasteiger partial charge is 0.290 e. The highest BCUT2D eigenvalue weighted by Gasteiger charge is 2.33. The van der Waals surface area contributed by atoms with Crippen LogP contribution >= 0.6 is 0 Å². The zero-order chi connectivity index (χ0) is 23.0. The summed E-state index contributed by atoms with van der Waals surface area (Å²) in [5.74, 6) is 1.20. The van der Waals surface area contributed by atoms with E-state index in [0.29, 0.717) is 0 Å². The fourth-order valence-corrected chi connectivity index (χ4v) is 4.44. The second-order valence-corrected chi connectivity index (χ2v) is 7.93. The van der Waals surface area contributed by atoms with E-state index in [4.69, 9.17) is 0 Å². The van der Waals surface area contributed by atoms with Gasteiger partial charge in [0, 0.05) is 11.1 Å². The first-order valence-corrected chi connectivity index (χ1v) is 11.5. The SMILES string of the molecule is C=C/C=C(\C=C/C)c1c(-c2ccccc2)[n+](Cc2ccccc2)c(-c2ccccc2)n1CC. The molecule has 0 saturated heterocycles. The molecule has 0 saturated carbocycles. The zero-order valence-corrected chi connectivity index (χ0v) is 19.5. The van der Waals surface area contributed by atoms with Crippen LogP contribution in [0, 0.1) is 0 Å². The van der Waals surface area contributed by atoms with Crippen molar-refractivity contribution in [2.24, 2.45) is 0 Å². The van der Waals surface area contributed by atoms with Gasteiger partial charge in [0.05, 0.1) is 12.1 Å². The summed E-state index contributed by atoms with van der Waals surface area (Å²) in [6, 6.07) is 32.1. The molecule has 0 aliphatic heterocycles. The number of hydrogen-bond donors (Lipinski definition) is 0. The van der Waals surface area contributed by atoms with Gasteiger partial charge in [0.2, 0.25) is 0 Å². The molecule has 1 heterocycles. The summed E-state index contributed by atoms with van der Waals surface area (Å²) < 4.78 is 4.91. The normalized spacial score (nSPS) is 11.8. The van der Waals surface area contributed by atoms with Gasteiger partial charge in [-0.15, -0.1) is 0 Å². The van der Waals surface area contributed by atoms with Crippen molar-refractivity contribution in [3.05, 3.63) is 133 Å². The number of benzene rings is 3. The molecule has 0 N–H and O–H groups in total. The van der Waals surface area contributed by atoms with Gasteiger partial charge in [-0.1, -0.05) is 110 Å². The summed E-state index contributed by atoms with van der Waals surface area (Å²) in [6.07, 6.45) is 8.26. The Morgan fingerprint density at radius 1 is 0.848 bits per heavy atom. The first-order chi connectivity index (χ1) is 16.3. The molecule has 2 nitrogen and oxygen atoms in total. The van der Waals surface area contributed by atoms with Crippen LogP contribution in [0.2, 0.25) is 0 Å². The molecule has 164 valence electrons. The van der Waals surface area contributed by atoms with Crippen LogP contribution < -0.4 is 4.57 Å². The summed E-state index contributed by atoms with van der Waals surface area (Å²) in [5, 5.41) is 0. The lowest BCUT2D eigenvalue weighted by Crippen LogP contribution is -2.38. The van der Waals surface area contributed by atoms with Gasteiger partial charge in [-0.3, -0.25) is 0 Å². The third-order valence-electron chi connectivity index (χ3n) is 5.77. The van der Waals surface area contributed by atoms with Crippen molar-refractivity contribution >= 4 is 5.57 Å². The molecule has 0 aliphatic rings. The Morgan fingerprint density at radius 2 is 1.42 bits per heavy atom. The minimum absolute atomic E-state index is 0.784. The number of aromatic nitrogens is 2. The Balaban J connectivity index is 2.14. The molecule has 0 unspecified atom stereocenters. The van der Waals surface area contributed by atoms with Crippen LogP contribution in [-0.2, 0) is 13.1 Å². The van der Waals surface area contributed by atoms with Crippen LogP contribution in [0.25, 0.3) is 28.2 Å². The fraction of sp³-hybridized carbons (Fsp3) is 0.129. The van der Waals surface area contributed by atoms with Crippen molar-refractivity contribution in [1.82, 2.24) is 4.57 Å². The van der Waals surface area contributed by atoms with Crippen molar-refractivity contribution < 1.29 is 4.57 Å². The second kappa shape index (κ2) is 10.6. The molecule has 0 amide bonds. The number of hydrogen-bond acceptors (Lipinski definition) is 0. The monoisotopic (exact) mass is 431 g/mol. The summed E-state index contributed by atoms with van der Waals surface area (Å²) in [4.78, 5) is 0. The molecule has 2 heteroatoms. The topological polar surface area (TPSA) is 8.81 Å². The van der Waals surface area contributed by atoms with Crippen LogP contribution in [0.1, 0.15) is 25.1 Å². The molecule has 0 fully saturated rings. The van der Waals surface area contributed by atoms with Gasteiger partial charge in [0.15, 0.2) is 11.4 Å². The lowest BCUT2D eigenvalue weighted by molar-refractivity contribution is -0.666. The van der Waals surface area contributed by atoms with E-state index in [2.05, 4.69) is 139 Å². The Hall–Kier alpha value is -3.91. The van der Waals surface area contributed by atoms with Gasteiger partial charge in [-0.05, 0) is 31.5 Å². The number of rotatable bonds is 8. The van der Waals surface area contributed by atoms with Crippen molar-refractivity contribution in [2.45, 2.75) is 26.9 Å². The molecule has 4 aromatic rings. The molecule has 0 radical (unpaired) electrons. The van der Waals surface area contributed by atoms with Crippen LogP contribution in [0.5, 0.6) is 0 Å². The molecular weight excluding hydrogens is 400 g/mol. The first kappa shape index (κ1) is 22.3.